The van der Waals surface area contributed by atoms with Gasteiger partial charge < -0.3 is 19.3 Å². The molecule has 2 fully saturated rings. The molecular weight excluding hydrogens is 476 g/mol. The van der Waals surface area contributed by atoms with Crippen molar-refractivity contribution in [1.82, 2.24) is 5.32 Å². The second-order valence-electron chi connectivity index (χ2n) is 12.0. The quantitative estimate of drug-likeness (QED) is 0.202. The Bertz CT molecular complexity index is 1100. The SMILES string of the molecule is CO[C@]12CC[C@@H](NC(=O)CCCCCc3ccccc3)C[C@]1(c1cccc(OC(C)=O)c1)CC[N+](C)(C)C2. The molecule has 1 saturated carbocycles. The predicted octanol–water partition coefficient (Wildman–Crippen LogP) is 5.19. The van der Waals surface area contributed by atoms with Gasteiger partial charge >= 0.3 is 5.97 Å². The van der Waals surface area contributed by atoms with Crippen LogP contribution in [0.4, 0.5) is 0 Å². The summed E-state index contributed by atoms with van der Waals surface area (Å²) in [5, 5.41) is 3.38. The van der Waals surface area contributed by atoms with E-state index in [0.717, 1.165) is 74.5 Å². The van der Waals surface area contributed by atoms with Crippen LogP contribution in [0.5, 0.6) is 5.75 Å². The summed E-state index contributed by atoms with van der Waals surface area (Å²) >= 11 is 0. The third kappa shape index (κ3) is 6.47. The monoisotopic (exact) mass is 521 g/mol. The number of piperidine rings is 1. The third-order valence-electron chi connectivity index (χ3n) is 8.81. The van der Waals surface area contributed by atoms with Gasteiger partial charge in [-0.05, 0) is 61.8 Å². The number of unbranched alkanes of at least 4 members (excludes halogenated alkanes) is 2. The normalized spacial score (nSPS) is 26.3. The number of aryl methyl sites for hydroxylation is 1. The highest BCUT2D eigenvalue weighted by Crippen LogP contribution is 2.54. The summed E-state index contributed by atoms with van der Waals surface area (Å²) in [6.45, 7) is 3.35. The number of quaternary nitrogens is 1. The number of hydrogen-bond acceptors (Lipinski definition) is 4. The number of esters is 1. The molecule has 1 N–H and O–H groups in total. The van der Waals surface area contributed by atoms with Gasteiger partial charge in [0.2, 0.25) is 5.91 Å². The molecule has 3 atom stereocenters. The Kier molecular flexibility index (Phi) is 8.94. The molecule has 1 saturated heterocycles. The molecule has 6 heteroatoms. The molecular formula is C32H45N2O4+. The number of carbonyl (C=O) groups is 2. The number of methoxy groups -OCH3 is 1. The molecule has 4 rings (SSSR count). The average Bonchev–Trinajstić information content (AvgIpc) is 2.88. The van der Waals surface area contributed by atoms with Gasteiger partial charge in [0.1, 0.15) is 17.9 Å². The number of likely N-dealkylation sites (N-methyl/N-ethyl adjacent to an activating group) is 1. The van der Waals surface area contributed by atoms with E-state index in [0.29, 0.717) is 12.2 Å². The van der Waals surface area contributed by atoms with Crippen molar-refractivity contribution < 1.29 is 23.5 Å². The van der Waals surface area contributed by atoms with Gasteiger partial charge in [-0.1, -0.05) is 48.9 Å². The molecule has 0 spiro atoms. The molecule has 1 aliphatic heterocycles. The number of rotatable bonds is 10. The Labute approximate surface area is 228 Å². The highest BCUT2D eigenvalue weighted by atomic mass is 16.5. The summed E-state index contributed by atoms with van der Waals surface area (Å²) in [4.78, 5) is 24.6. The van der Waals surface area contributed by atoms with Crippen LogP contribution in [0.3, 0.4) is 0 Å². The van der Waals surface area contributed by atoms with Crippen molar-refractivity contribution in [1.29, 1.82) is 0 Å². The summed E-state index contributed by atoms with van der Waals surface area (Å²) in [7, 11) is 6.38. The molecule has 1 aliphatic carbocycles. The van der Waals surface area contributed by atoms with Crippen LogP contribution in [-0.2, 0) is 26.2 Å². The Hall–Kier alpha value is -2.70. The van der Waals surface area contributed by atoms with Crippen molar-refractivity contribution in [2.75, 3.05) is 34.3 Å². The van der Waals surface area contributed by atoms with Crippen molar-refractivity contribution in [3.05, 3.63) is 65.7 Å². The maximum Gasteiger partial charge on any atom is 0.308 e. The molecule has 206 valence electrons. The second kappa shape index (κ2) is 12.0. The topological polar surface area (TPSA) is 64.6 Å². The van der Waals surface area contributed by atoms with Crippen LogP contribution in [0, 0.1) is 0 Å². The van der Waals surface area contributed by atoms with E-state index in [2.05, 4.69) is 49.7 Å². The van der Waals surface area contributed by atoms with Crippen molar-refractivity contribution in [2.45, 2.75) is 81.8 Å². The number of ether oxygens (including phenoxy) is 2. The van der Waals surface area contributed by atoms with E-state index in [-0.39, 0.29) is 28.9 Å². The van der Waals surface area contributed by atoms with Crippen LogP contribution < -0.4 is 10.1 Å². The number of nitrogens with one attached hydrogen (secondary N) is 1. The first-order chi connectivity index (χ1) is 18.2. The van der Waals surface area contributed by atoms with Crippen LogP contribution in [0.2, 0.25) is 0 Å². The predicted molar refractivity (Wildman–Crippen MR) is 150 cm³/mol. The van der Waals surface area contributed by atoms with Gasteiger partial charge in [-0.3, -0.25) is 9.59 Å². The molecule has 1 heterocycles. The van der Waals surface area contributed by atoms with Crippen LogP contribution in [0.1, 0.15) is 69.4 Å². The Morgan fingerprint density at radius 1 is 1.03 bits per heavy atom. The summed E-state index contributed by atoms with van der Waals surface area (Å²) < 4.78 is 12.8. The fourth-order valence-electron chi connectivity index (χ4n) is 6.95. The fraction of sp³-hybridized carbons (Fsp3) is 0.562. The largest absolute Gasteiger partial charge is 0.427 e. The van der Waals surface area contributed by atoms with Crippen LogP contribution >= 0.6 is 0 Å². The zero-order chi connectivity index (χ0) is 27.2. The molecule has 0 bridgehead atoms. The molecule has 38 heavy (non-hydrogen) atoms. The zero-order valence-electron chi connectivity index (χ0n) is 23.6. The van der Waals surface area contributed by atoms with Crippen molar-refractivity contribution in [2.24, 2.45) is 0 Å². The number of amides is 1. The molecule has 0 radical (unpaired) electrons. The van der Waals surface area contributed by atoms with Gasteiger partial charge in [0.25, 0.3) is 0 Å². The first-order valence-corrected chi connectivity index (χ1v) is 14.2. The molecule has 0 unspecified atom stereocenters. The van der Waals surface area contributed by atoms with E-state index < -0.39 is 0 Å². The number of likely N-dealkylation sites (tertiary alicyclic amines) is 1. The number of hydrogen-bond donors (Lipinski definition) is 1. The molecule has 2 aromatic carbocycles. The van der Waals surface area contributed by atoms with Crippen molar-refractivity contribution >= 4 is 11.9 Å². The summed E-state index contributed by atoms with van der Waals surface area (Å²) in [6, 6.07) is 18.6. The van der Waals surface area contributed by atoms with Crippen LogP contribution in [-0.4, -0.2) is 62.3 Å². The first kappa shape index (κ1) is 28.3. The molecule has 6 nitrogen and oxygen atoms in total. The minimum Gasteiger partial charge on any atom is -0.427 e. The summed E-state index contributed by atoms with van der Waals surface area (Å²) in [6.07, 6.45) is 8.26. The van der Waals surface area contributed by atoms with E-state index in [1.54, 1.807) is 0 Å². The van der Waals surface area contributed by atoms with Gasteiger partial charge in [0, 0.05) is 38.3 Å². The first-order valence-electron chi connectivity index (χ1n) is 14.2. The van der Waals surface area contributed by atoms with E-state index in [9.17, 15) is 9.59 Å². The molecule has 1 amide bonds. The second-order valence-corrected chi connectivity index (χ2v) is 12.0. The number of carbonyl (C=O) groups excluding carboxylic acids is 2. The van der Waals surface area contributed by atoms with Gasteiger partial charge in [-0.15, -0.1) is 0 Å². The van der Waals surface area contributed by atoms with Crippen molar-refractivity contribution in [3.63, 3.8) is 0 Å². The Balaban J connectivity index is 1.44. The van der Waals surface area contributed by atoms with Gasteiger partial charge in [-0.25, -0.2) is 0 Å². The van der Waals surface area contributed by atoms with Gasteiger partial charge in [0.05, 0.1) is 20.6 Å². The molecule has 2 aromatic rings. The molecule has 0 aromatic heterocycles. The van der Waals surface area contributed by atoms with Gasteiger partial charge in [0.15, 0.2) is 0 Å². The Morgan fingerprint density at radius 3 is 2.55 bits per heavy atom. The number of benzene rings is 2. The highest BCUT2D eigenvalue weighted by molar-refractivity contribution is 5.76. The lowest BCUT2D eigenvalue weighted by Gasteiger charge is -2.60. The summed E-state index contributed by atoms with van der Waals surface area (Å²) in [5.74, 6) is 0.391. The van der Waals surface area contributed by atoms with E-state index in [1.807, 2.05) is 31.4 Å². The van der Waals surface area contributed by atoms with Crippen molar-refractivity contribution in [3.8, 4) is 5.75 Å². The maximum absolute atomic E-state index is 13.0. The Morgan fingerprint density at radius 2 is 1.82 bits per heavy atom. The van der Waals surface area contributed by atoms with Crippen LogP contribution in [0.25, 0.3) is 0 Å². The smallest absolute Gasteiger partial charge is 0.308 e. The zero-order valence-corrected chi connectivity index (χ0v) is 23.6. The maximum atomic E-state index is 13.0. The third-order valence-corrected chi connectivity index (χ3v) is 8.81. The van der Waals surface area contributed by atoms with E-state index in [4.69, 9.17) is 9.47 Å². The minimum absolute atomic E-state index is 0.0983. The lowest BCUT2D eigenvalue weighted by molar-refractivity contribution is -0.905. The fourth-order valence-corrected chi connectivity index (χ4v) is 6.95. The number of nitrogens with zero attached hydrogens (tertiary/aromatic N) is 1. The standard InChI is InChI=1S/C32H44N2O4/c1-25(35)38-29-16-11-15-27(22-29)31-20-21-34(2,3)24-32(31,37-4)19-18-28(23-31)33-30(36)17-10-6-9-14-26-12-7-5-8-13-26/h5,7-8,11-13,15-16,22,28H,6,9-10,14,17-21,23-24H2,1-4H3/p+1/t28-,31+,32+/m1/s1. The van der Waals surface area contributed by atoms with Gasteiger partial charge in [-0.2, -0.15) is 0 Å². The lowest BCUT2D eigenvalue weighted by atomic mass is 9.54. The summed E-state index contributed by atoms with van der Waals surface area (Å²) in [5.41, 5.74) is 1.88. The minimum atomic E-state index is -0.345. The number of fused-ring (bicyclic) bond motifs is 1. The van der Waals surface area contributed by atoms with E-state index >= 15 is 0 Å². The molecule has 2 aliphatic rings. The average molecular weight is 522 g/mol. The van der Waals surface area contributed by atoms with Crippen LogP contribution in [0.15, 0.2) is 54.6 Å². The highest BCUT2D eigenvalue weighted by Gasteiger charge is 2.62. The van der Waals surface area contributed by atoms with E-state index in [1.165, 1.54) is 12.5 Å². The lowest BCUT2D eigenvalue weighted by Crippen LogP contribution is -2.71.